The number of hydrogen-bond donors (Lipinski definition) is 1. The van der Waals surface area contributed by atoms with Gasteiger partial charge in [0.1, 0.15) is 0 Å². The Labute approximate surface area is 118 Å². The summed E-state index contributed by atoms with van der Waals surface area (Å²) in [7, 11) is 2.22. The Hall–Kier alpha value is -0.300. The number of allylic oxidation sites excluding steroid dienone is 1. The van der Waals surface area contributed by atoms with E-state index in [-0.39, 0.29) is 0 Å². The minimum Gasteiger partial charge on any atom is -0.313 e. The lowest BCUT2D eigenvalue weighted by atomic mass is 9.47. The minimum atomic E-state index is 0.646. The topological polar surface area (TPSA) is 12.0 Å². The largest absolute Gasteiger partial charge is 0.313 e. The fourth-order valence-corrected chi connectivity index (χ4v) is 6.54. The molecule has 0 spiro atoms. The summed E-state index contributed by atoms with van der Waals surface area (Å²) in [6, 6.07) is 0.709. The third-order valence-corrected chi connectivity index (χ3v) is 6.68. The smallest absolute Gasteiger partial charge is 0.0333 e. The van der Waals surface area contributed by atoms with E-state index in [4.69, 9.17) is 0 Å². The number of nitrogens with one attached hydrogen (secondary N) is 1. The first-order valence-electron chi connectivity index (χ1n) is 8.65. The third kappa shape index (κ3) is 2.00. The molecule has 1 N–H and O–H groups in total. The van der Waals surface area contributed by atoms with Crippen molar-refractivity contribution in [3.8, 4) is 0 Å². The van der Waals surface area contributed by atoms with Crippen LogP contribution in [0.25, 0.3) is 0 Å². The molecule has 1 nitrogen and oxygen atoms in total. The van der Waals surface area contributed by atoms with Gasteiger partial charge < -0.3 is 5.32 Å². The van der Waals surface area contributed by atoms with Gasteiger partial charge in [-0.2, -0.15) is 0 Å². The summed E-state index contributed by atoms with van der Waals surface area (Å²) in [5.41, 5.74) is 2.42. The number of likely N-dealkylation sites (N-methyl/N-ethyl adjacent to an activating group) is 1. The number of rotatable bonds is 3. The lowest BCUT2D eigenvalue weighted by Gasteiger charge is -2.60. The fourth-order valence-electron chi connectivity index (χ4n) is 6.54. The Morgan fingerprint density at radius 3 is 2.16 bits per heavy atom. The molecule has 0 aliphatic heterocycles. The van der Waals surface area contributed by atoms with Gasteiger partial charge in [-0.1, -0.05) is 11.6 Å². The zero-order valence-electron chi connectivity index (χ0n) is 12.5. The molecule has 1 atom stereocenters. The van der Waals surface area contributed by atoms with Gasteiger partial charge in [0.25, 0.3) is 0 Å². The molecule has 0 saturated heterocycles. The van der Waals surface area contributed by atoms with Crippen molar-refractivity contribution in [1.82, 2.24) is 5.32 Å². The summed E-state index contributed by atoms with van der Waals surface area (Å²) >= 11 is 0. The van der Waals surface area contributed by atoms with Gasteiger partial charge >= 0.3 is 0 Å². The van der Waals surface area contributed by atoms with Gasteiger partial charge in [-0.05, 0) is 94.4 Å². The highest BCUT2D eigenvalue weighted by atomic mass is 14.9. The molecule has 0 amide bonds. The van der Waals surface area contributed by atoms with Crippen LogP contribution in [0.5, 0.6) is 0 Å². The summed E-state index contributed by atoms with van der Waals surface area (Å²) < 4.78 is 0. The molecule has 0 heterocycles. The second-order valence-electron chi connectivity index (χ2n) is 8.03. The van der Waals surface area contributed by atoms with Crippen molar-refractivity contribution in [2.24, 2.45) is 23.2 Å². The van der Waals surface area contributed by atoms with E-state index in [9.17, 15) is 0 Å². The molecule has 0 aromatic heterocycles. The first-order valence-corrected chi connectivity index (χ1v) is 8.65. The average Bonchev–Trinajstić information content (AvgIpc) is 2.38. The molecule has 0 aromatic carbocycles. The Bertz CT molecular complexity index is 346. The van der Waals surface area contributed by atoms with Crippen LogP contribution in [0.4, 0.5) is 0 Å². The molecule has 0 aromatic rings. The van der Waals surface area contributed by atoms with Gasteiger partial charge in [0.2, 0.25) is 0 Å². The second-order valence-corrected chi connectivity index (χ2v) is 8.03. The van der Waals surface area contributed by atoms with Gasteiger partial charge in [-0.15, -0.1) is 0 Å². The summed E-state index contributed by atoms with van der Waals surface area (Å²) in [5, 5.41) is 3.76. The lowest BCUT2D eigenvalue weighted by molar-refractivity contribution is -0.0665. The Morgan fingerprint density at radius 1 is 1.05 bits per heavy atom. The van der Waals surface area contributed by atoms with Crippen molar-refractivity contribution in [3.63, 3.8) is 0 Å². The molecular formula is C18H29N. The second kappa shape index (κ2) is 4.62. The third-order valence-electron chi connectivity index (χ3n) is 6.68. The SMILES string of the molecule is CNC(C1=CCCCC1)C12CC3CC(CC(C3)C1)C2. The molecule has 4 saturated carbocycles. The highest BCUT2D eigenvalue weighted by molar-refractivity contribution is 5.21. The molecule has 1 heteroatoms. The van der Waals surface area contributed by atoms with E-state index >= 15 is 0 Å². The molecule has 5 rings (SSSR count). The van der Waals surface area contributed by atoms with Crippen molar-refractivity contribution in [1.29, 1.82) is 0 Å². The summed E-state index contributed by atoms with van der Waals surface area (Å²) in [6.07, 6.45) is 17.4. The van der Waals surface area contributed by atoms with E-state index in [2.05, 4.69) is 18.4 Å². The van der Waals surface area contributed by atoms with Gasteiger partial charge in [0, 0.05) is 6.04 Å². The van der Waals surface area contributed by atoms with Crippen LogP contribution in [0.2, 0.25) is 0 Å². The van der Waals surface area contributed by atoms with Crippen LogP contribution in [0.1, 0.15) is 64.2 Å². The summed E-state index contributed by atoms with van der Waals surface area (Å²) in [4.78, 5) is 0. The maximum Gasteiger partial charge on any atom is 0.0333 e. The summed E-state index contributed by atoms with van der Waals surface area (Å²) in [5.74, 6) is 3.23. The molecular weight excluding hydrogens is 230 g/mol. The van der Waals surface area contributed by atoms with E-state index in [1.54, 1.807) is 24.8 Å². The zero-order chi connectivity index (χ0) is 12.9. The van der Waals surface area contributed by atoms with Crippen molar-refractivity contribution in [2.75, 3.05) is 7.05 Å². The van der Waals surface area contributed by atoms with Crippen molar-refractivity contribution < 1.29 is 0 Å². The maximum absolute atomic E-state index is 3.76. The highest BCUT2D eigenvalue weighted by Crippen LogP contribution is 2.62. The molecule has 4 fully saturated rings. The highest BCUT2D eigenvalue weighted by Gasteiger charge is 2.54. The van der Waals surface area contributed by atoms with Gasteiger partial charge in [0.05, 0.1) is 0 Å². The van der Waals surface area contributed by atoms with Gasteiger partial charge in [-0.3, -0.25) is 0 Å². The first kappa shape index (κ1) is 12.4. The molecule has 5 aliphatic carbocycles. The average molecular weight is 259 g/mol. The van der Waals surface area contributed by atoms with E-state index < -0.39 is 0 Å². The first-order chi connectivity index (χ1) is 9.29. The van der Waals surface area contributed by atoms with E-state index in [0.717, 1.165) is 17.8 Å². The predicted molar refractivity (Wildman–Crippen MR) is 80.0 cm³/mol. The molecule has 0 radical (unpaired) electrons. The van der Waals surface area contributed by atoms with Crippen LogP contribution >= 0.6 is 0 Å². The van der Waals surface area contributed by atoms with E-state index in [1.807, 2.05) is 0 Å². The van der Waals surface area contributed by atoms with Crippen LogP contribution < -0.4 is 5.32 Å². The minimum absolute atomic E-state index is 0.646. The lowest BCUT2D eigenvalue weighted by Crippen LogP contribution is -2.56. The zero-order valence-corrected chi connectivity index (χ0v) is 12.5. The molecule has 19 heavy (non-hydrogen) atoms. The van der Waals surface area contributed by atoms with E-state index in [0.29, 0.717) is 11.5 Å². The van der Waals surface area contributed by atoms with Crippen LogP contribution in [-0.4, -0.2) is 13.1 Å². The molecule has 1 unspecified atom stereocenters. The van der Waals surface area contributed by atoms with Crippen LogP contribution in [0, 0.1) is 23.2 Å². The molecule has 4 bridgehead atoms. The predicted octanol–water partition coefficient (Wildman–Crippen LogP) is 4.29. The summed E-state index contributed by atoms with van der Waals surface area (Å²) in [6.45, 7) is 0. The fraction of sp³-hybridized carbons (Fsp3) is 0.889. The maximum atomic E-state index is 3.76. The quantitative estimate of drug-likeness (QED) is 0.746. The standard InChI is InChI=1S/C18H29N/c1-19-17(16-5-3-2-4-6-16)18-10-13-7-14(11-18)9-15(8-13)12-18/h5,13-15,17,19H,2-4,6-12H2,1H3. The van der Waals surface area contributed by atoms with Gasteiger partial charge in [-0.25, -0.2) is 0 Å². The van der Waals surface area contributed by atoms with Crippen molar-refractivity contribution >= 4 is 0 Å². The normalized spacial score (nSPS) is 46.2. The van der Waals surface area contributed by atoms with Crippen LogP contribution in [0.3, 0.4) is 0 Å². The van der Waals surface area contributed by atoms with Crippen LogP contribution in [0.15, 0.2) is 11.6 Å². The Balaban J connectivity index is 1.63. The van der Waals surface area contributed by atoms with E-state index in [1.165, 1.54) is 44.9 Å². The van der Waals surface area contributed by atoms with Crippen LogP contribution in [-0.2, 0) is 0 Å². The van der Waals surface area contributed by atoms with Crippen molar-refractivity contribution in [3.05, 3.63) is 11.6 Å². The monoisotopic (exact) mass is 259 g/mol. The molecule has 106 valence electrons. The van der Waals surface area contributed by atoms with Gasteiger partial charge in [0.15, 0.2) is 0 Å². The Morgan fingerprint density at radius 2 is 1.68 bits per heavy atom. The number of hydrogen-bond acceptors (Lipinski definition) is 1. The molecule has 5 aliphatic rings. The van der Waals surface area contributed by atoms with Crippen molar-refractivity contribution in [2.45, 2.75) is 70.3 Å². The Kier molecular flexibility index (Phi) is 3.02.